The van der Waals surface area contributed by atoms with Gasteiger partial charge < -0.3 is 29.7 Å². The van der Waals surface area contributed by atoms with Crippen LogP contribution in [0.1, 0.15) is 68.1 Å². The highest BCUT2D eigenvalue weighted by Crippen LogP contribution is 2.39. The quantitative estimate of drug-likeness (QED) is 0.105. The van der Waals surface area contributed by atoms with Gasteiger partial charge in [-0.15, -0.1) is 0 Å². The van der Waals surface area contributed by atoms with Crippen LogP contribution in [-0.2, 0) is 6.54 Å². The van der Waals surface area contributed by atoms with E-state index in [2.05, 4.69) is 66.5 Å². The number of benzene rings is 3. The SMILES string of the molecule is CCCN(CCCn1c(C)c(C)c2cc(Oc3cccc(C(=O)Nc4cc(O)c(-c5ccncc5)c(O)c4)c3)ccc21)CCC(C)CC. The summed E-state index contributed by atoms with van der Waals surface area (Å²) in [6.45, 7) is 15.6. The van der Waals surface area contributed by atoms with Crippen molar-refractivity contribution in [2.75, 3.05) is 25.0 Å². The van der Waals surface area contributed by atoms with Crippen molar-refractivity contribution in [3.05, 3.63) is 95.9 Å². The lowest BCUT2D eigenvalue weighted by Gasteiger charge is -2.23. The maximum Gasteiger partial charge on any atom is 0.255 e. The van der Waals surface area contributed by atoms with E-state index >= 15 is 0 Å². The second-order valence-corrected chi connectivity index (χ2v) is 12.7. The summed E-state index contributed by atoms with van der Waals surface area (Å²) in [5.74, 6) is 1.29. The highest BCUT2D eigenvalue weighted by Gasteiger charge is 2.16. The molecule has 1 unspecified atom stereocenters. The minimum atomic E-state index is -0.396. The monoisotopic (exact) mass is 648 g/mol. The summed E-state index contributed by atoms with van der Waals surface area (Å²) in [7, 11) is 0. The third kappa shape index (κ3) is 8.17. The van der Waals surface area contributed by atoms with Crippen molar-refractivity contribution in [2.24, 2.45) is 5.92 Å². The molecule has 2 heterocycles. The molecule has 0 aliphatic rings. The Labute approximate surface area is 284 Å². The minimum Gasteiger partial charge on any atom is -0.507 e. The van der Waals surface area contributed by atoms with Crippen LogP contribution in [0.3, 0.4) is 0 Å². The number of pyridine rings is 1. The molecule has 5 aromatic rings. The second-order valence-electron chi connectivity index (χ2n) is 12.7. The molecule has 0 saturated carbocycles. The molecule has 252 valence electrons. The van der Waals surface area contributed by atoms with Gasteiger partial charge in [0.2, 0.25) is 0 Å². The number of phenolic OH excluding ortho intramolecular Hbond substituents is 2. The lowest BCUT2D eigenvalue weighted by Crippen LogP contribution is -2.28. The molecule has 3 aromatic carbocycles. The summed E-state index contributed by atoms with van der Waals surface area (Å²) < 4.78 is 8.68. The number of carbonyl (C=O) groups excluding carboxylic acids is 1. The number of ether oxygens (including phenoxy) is 1. The molecule has 5 rings (SSSR count). The maximum absolute atomic E-state index is 13.2. The van der Waals surface area contributed by atoms with Gasteiger partial charge in [0.1, 0.15) is 23.0 Å². The maximum atomic E-state index is 13.2. The normalized spacial score (nSPS) is 12.0. The van der Waals surface area contributed by atoms with Crippen LogP contribution < -0.4 is 10.1 Å². The smallest absolute Gasteiger partial charge is 0.255 e. The zero-order chi connectivity index (χ0) is 34.2. The van der Waals surface area contributed by atoms with Crippen molar-refractivity contribution in [1.82, 2.24) is 14.5 Å². The van der Waals surface area contributed by atoms with Crippen LogP contribution in [0, 0.1) is 19.8 Å². The summed E-state index contributed by atoms with van der Waals surface area (Å²) in [6, 6.07) is 19.3. The molecule has 3 N–H and O–H groups in total. The standard InChI is InChI=1S/C40H48N4O4/c1-6-19-43(22-16-27(3)7-2)20-9-21-44-29(5)28(4)35-26-34(12-13-36(35)44)48-33-11-8-10-31(23-33)40(47)42-32-24-37(45)39(38(46)25-32)30-14-17-41-18-15-30/h8,10-15,17-18,23-27,45-46H,6-7,9,16,19-22H2,1-5H3,(H,42,47). The Balaban J connectivity index is 1.25. The third-order valence-corrected chi connectivity index (χ3v) is 9.30. The molecule has 0 saturated heterocycles. The van der Waals surface area contributed by atoms with Crippen LogP contribution in [0.15, 0.2) is 79.1 Å². The molecule has 1 atom stereocenters. The lowest BCUT2D eigenvalue weighted by molar-refractivity contribution is 0.102. The number of fused-ring (bicyclic) bond motifs is 1. The lowest BCUT2D eigenvalue weighted by atomic mass is 10.0. The van der Waals surface area contributed by atoms with Crippen molar-refractivity contribution in [1.29, 1.82) is 0 Å². The fraction of sp³-hybridized carbons (Fsp3) is 0.350. The molecule has 8 heteroatoms. The van der Waals surface area contributed by atoms with E-state index < -0.39 is 5.91 Å². The number of aromatic hydroxyl groups is 2. The van der Waals surface area contributed by atoms with E-state index in [1.54, 1.807) is 42.7 Å². The number of anilines is 1. The summed E-state index contributed by atoms with van der Waals surface area (Å²) in [4.78, 5) is 19.7. The predicted octanol–water partition coefficient (Wildman–Crippen LogP) is 9.31. The van der Waals surface area contributed by atoms with Crippen LogP contribution in [0.25, 0.3) is 22.0 Å². The van der Waals surface area contributed by atoms with Crippen LogP contribution in [0.4, 0.5) is 5.69 Å². The topological polar surface area (TPSA) is 99.9 Å². The third-order valence-electron chi connectivity index (χ3n) is 9.30. The van der Waals surface area contributed by atoms with Gasteiger partial charge in [0.15, 0.2) is 0 Å². The Hall–Kier alpha value is -4.82. The van der Waals surface area contributed by atoms with Crippen molar-refractivity contribution >= 4 is 22.5 Å². The van der Waals surface area contributed by atoms with Gasteiger partial charge >= 0.3 is 0 Å². The van der Waals surface area contributed by atoms with Crippen LogP contribution in [-0.4, -0.2) is 50.2 Å². The van der Waals surface area contributed by atoms with Gasteiger partial charge in [-0.25, -0.2) is 0 Å². The first-order valence-electron chi connectivity index (χ1n) is 17.1. The Kier molecular flexibility index (Phi) is 11.4. The summed E-state index contributed by atoms with van der Waals surface area (Å²) >= 11 is 0. The average molecular weight is 649 g/mol. The summed E-state index contributed by atoms with van der Waals surface area (Å²) in [5.41, 5.74) is 5.25. The van der Waals surface area contributed by atoms with Crippen molar-refractivity contribution < 1.29 is 19.7 Å². The van der Waals surface area contributed by atoms with Gasteiger partial charge in [0.25, 0.3) is 5.91 Å². The average Bonchev–Trinajstić information content (AvgIpc) is 3.31. The van der Waals surface area contributed by atoms with E-state index in [-0.39, 0.29) is 22.7 Å². The number of hydrogen-bond donors (Lipinski definition) is 3. The molecule has 2 aromatic heterocycles. The molecule has 0 fully saturated rings. The number of carbonyl (C=O) groups is 1. The van der Waals surface area contributed by atoms with Gasteiger partial charge in [-0.1, -0.05) is 33.3 Å². The van der Waals surface area contributed by atoms with Gasteiger partial charge in [0, 0.05) is 58.9 Å². The van der Waals surface area contributed by atoms with E-state index in [0.29, 0.717) is 22.6 Å². The van der Waals surface area contributed by atoms with Crippen molar-refractivity contribution in [2.45, 2.75) is 66.8 Å². The van der Waals surface area contributed by atoms with Crippen molar-refractivity contribution in [3.63, 3.8) is 0 Å². The van der Waals surface area contributed by atoms with E-state index in [4.69, 9.17) is 4.74 Å². The molecule has 0 bridgehead atoms. The highest BCUT2D eigenvalue weighted by molar-refractivity contribution is 6.05. The number of hydrogen-bond acceptors (Lipinski definition) is 6. The van der Waals surface area contributed by atoms with Crippen LogP contribution >= 0.6 is 0 Å². The molecule has 1 amide bonds. The number of nitrogens with zero attached hydrogens (tertiary/aromatic N) is 3. The molecule has 8 nitrogen and oxygen atoms in total. The zero-order valence-electron chi connectivity index (χ0n) is 28.8. The number of amides is 1. The fourth-order valence-electron chi connectivity index (χ4n) is 6.23. The van der Waals surface area contributed by atoms with Gasteiger partial charge in [0.05, 0.1) is 5.56 Å². The Morgan fingerprint density at radius 1 is 0.938 bits per heavy atom. The van der Waals surface area contributed by atoms with E-state index in [1.807, 2.05) is 12.1 Å². The number of aromatic nitrogens is 2. The molecule has 0 radical (unpaired) electrons. The molecule has 0 aliphatic heterocycles. The largest absolute Gasteiger partial charge is 0.507 e. The Bertz CT molecular complexity index is 1830. The van der Waals surface area contributed by atoms with E-state index in [9.17, 15) is 15.0 Å². The molecular formula is C40H48N4O4. The first kappa shape index (κ1) is 34.5. The van der Waals surface area contributed by atoms with Crippen molar-refractivity contribution in [3.8, 4) is 34.1 Å². The van der Waals surface area contributed by atoms with Gasteiger partial charge in [-0.3, -0.25) is 9.78 Å². The van der Waals surface area contributed by atoms with Crippen LogP contribution in [0.5, 0.6) is 23.0 Å². The zero-order valence-corrected chi connectivity index (χ0v) is 28.8. The number of aryl methyl sites for hydroxylation is 2. The predicted molar refractivity (Wildman–Crippen MR) is 194 cm³/mol. The number of nitrogens with one attached hydrogen (secondary N) is 1. The van der Waals surface area contributed by atoms with Crippen LogP contribution in [0.2, 0.25) is 0 Å². The molecular weight excluding hydrogens is 600 g/mol. The summed E-state index contributed by atoms with van der Waals surface area (Å²) in [6.07, 6.45) is 7.93. The van der Waals surface area contributed by atoms with E-state index in [1.165, 1.54) is 54.7 Å². The molecule has 48 heavy (non-hydrogen) atoms. The number of phenols is 2. The van der Waals surface area contributed by atoms with Gasteiger partial charge in [-0.2, -0.15) is 0 Å². The fourth-order valence-corrected chi connectivity index (χ4v) is 6.23. The highest BCUT2D eigenvalue weighted by atomic mass is 16.5. The summed E-state index contributed by atoms with van der Waals surface area (Å²) in [5, 5.41) is 25.1. The minimum absolute atomic E-state index is 0.154. The van der Waals surface area contributed by atoms with Gasteiger partial charge in [-0.05, 0) is 118 Å². The van der Waals surface area contributed by atoms with E-state index in [0.717, 1.165) is 37.4 Å². The second kappa shape index (κ2) is 15.8. The number of rotatable bonds is 15. The first-order valence-corrected chi connectivity index (χ1v) is 17.1. The molecule has 0 spiro atoms. The Morgan fingerprint density at radius 2 is 1.67 bits per heavy atom. The Morgan fingerprint density at radius 3 is 2.38 bits per heavy atom. The molecule has 0 aliphatic carbocycles. The first-order chi connectivity index (χ1) is 23.2.